The zero-order valence-corrected chi connectivity index (χ0v) is 12.6. The molecule has 0 saturated heterocycles. The number of halogens is 1. The Kier molecular flexibility index (Phi) is 6.71. The third-order valence-electron chi connectivity index (χ3n) is 3.03. The summed E-state index contributed by atoms with van der Waals surface area (Å²) in [5.41, 5.74) is 1.30. The van der Waals surface area contributed by atoms with Gasteiger partial charge in [-0.1, -0.05) is 37.8 Å². The van der Waals surface area contributed by atoms with Crippen molar-refractivity contribution in [1.29, 1.82) is 0 Å². The highest BCUT2D eigenvalue weighted by molar-refractivity contribution is 6.33. The van der Waals surface area contributed by atoms with Crippen LogP contribution in [0.25, 0.3) is 0 Å². The number of hydrogen-bond acceptors (Lipinski definition) is 3. The van der Waals surface area contributed by atoms with Crippen LogP contribution in [0.1, 0.15) is 49.9 Å². The van der Waals surface area contributed by atoms with Crippen LogP contribution in [0, 0.1) is 0 Å². The normalized spacial score (nSPS) is 12.0. The van der Waals surface area contributed by atoms with Crippen molar-refractivity contribution in [2.75, 3.05) is 12.4 Å². The number of unbranched alkanes of at least 4 members (excludes halogenated alkanes) is 2. The third kappa shape index (κ3) is 5.11. The molecule has 0 aliphatic heterocycles. The maximum absolute atomic E-state index is 11.5. The Morgan fingerprint density at radius 1 is 1.42 bits per heavy atom. The molecule has 0 heterocycles. The number of esters is 1. The second-order valence-corrected chi connectivity index (χ2v) is 5.13. The minimum Gasteiger partial charge on any atom is -0.465 e. The van der Waals surface area contributed by atoms with Crippen LogP contribution < -0.4 is 5.32 Å². The molecule has 1 aromatic carbocycles. The molecule has 0 aromatic heterocycles. The van der Waals surface area contributed by atoms with Gasteiger partial charge in [-0.25, -0.2) is 4.79 Å². The molecule has 1 aromatic rings. The number of hydrogen-bond donors (Lipinski definition) is 1. The lowest BCUT2D eigenvalue weighted by Crippen LogP contribution is -2.15. The van der Waals surface area contributed by atoms with Gasteiger partial charge in [0.05, 0.1) is 17.7 Å². The van der Waals surface area contributed by atoms with Crippen molar-refractivity contribution in [3.63, 3.8) is 0 Å². The molecule has 0 spiro atoms. The summed E-state index contributed by atoms with van der Waals surface area (Å²) in [5.74, 6) is -0.410. The highest BCUT2D eigenvalue weighted by Crippen LogP contribution is 2.22. The Bertz CT molecular complexity index is 421. The number of carbonyl (C=O) groups is 1. The minimum atomic E-state index is -0.410. The van der Waals surface area contributed by atoms with Crippen LogP contribution in [0.3, 0.4) is 0 Å². The van der Waals surface area contributed by atoms with Gasteiger partial charge >= 0.3 is 5.97 Å². The van der Waals surface area contributed by atoms with Crippen LogP contribution in [-0.2, 0) is 4.74 Å². The zero-order chi connectivity index (χ0) is 14.3. The average molecular weight is 284 g/mol. The van der Waals surface area contributed by atoms with E-state index in [1.54, 1.807) is 12.1 Å². The van der Waals surface area contributed by atoms with Crippen molar-refractivity contribution in [3.8, 4) is 0 Å². The van der Waals surface area contributed by atoms with Crippen LogP contribution in [0.4, 0.5) is 5.69 Å². The molecule has 0 aliphatic rings. The second kappa shape index (κ2) is 8.05. The van der Waals surface area contributed by atoms with Gasteiger partial charge in [-0.05, 0) is 31.5 Å². The topological polar surface area (TPSA) is 38.3 Å². The Morgan fingerprint density at radius 3 is 2.79 bits per heavy atom. The number of nitrogens with one attached hydrogen (secondary N) is 1. The van der Waals surface area contributed by atoms with Crippen LogP contribution >= 0.6 is 11.6 Å². The second-order valence-electron chi connectivity index (χ2n) is 4.73. The first kappa shape index (κ1) is 15.8. The smallest absolute Gasteiger partial charge is 0.339 e. The average Bonchev–Trinajstić information content (AvgIpc) is 2.40. The van der Waals surface area contributed by atoms with E-state index < -0.39 is 5.97 Å². The number of ether oxygens (including phenoxy) is 1. The standard InChI is InChI=1S/C15H22ClNO2/c1-4-5-6-7-11(2)17-12-8-9-14(16)13(10-12)15(18)19-3/h8-11,17H,4-7H2,1-3H3. The lowest BCUT2D eigenvalue weighted by atomic mass is 10.1. The van der Waals surface area contributed by atoms with Crippen LogP contribution in [-0.4, -0.2) is 19.1 Å². The first-order valence-electron chi connectivity index (χ1n) is 6.72. The Labute approximate surface area is 120 Å². The van der Waals surface area contributed by atoms with E-state index in [2.05, 4.69) is 19.2 Å². The number of anilines is 1. The van der Waals surface area contributed by atoms with Crippen molar-refractivity contribution < 1.29 is 9.53 Å². The zero-order valence-electron chi connectivity index (χ0n) is 11.8. The van der Waals surface area contributed by atoms with E-state index in [1.165, 1.54) is 26.4 Å². The first-order valence-corrected chi connectivity index (χ1v) is 7.10. The molecule has 19 heavy (non-hydrogen) atoms. The van der Waals surface area contributed by atoms with Crippen LogP contribution in [0.15, 0.2) is 18.2 Å². The third-order valence-corrected chi connectivity index (χ3v) is 3.36. The highest BCUT2D eigenvalue weighted by Gasteiger charge is 2.12. The molecule has 1 rings (SSSR count). The largest absolute Gasteiger partial charge is 0.465 e. The van der Waals surface area contributed by atoms with E-state index in [0.717, 1.165) is 12.1 Å². The summed E-state index contributed by atoms with van der Waals surface area (Å²) in [6, 6.07) is 5.71. The Hall–Kier alpha value is -1.22. The molecule has 0 amide bonds. The number of rotatable bonds is 7. The van der Waals surface area contributed by atoms with Crippen molar-refractivity contribution >= 4 is 23.3 Å². The lowest BCUT2D eigenvalue weighted by molar-refractivity contribution is 0.0601. The first-order chi connectivity index (χ1) is 9.08. The summed E-state index contributed by atoms with van der Waals surface area (Å²) < 4.78 is 4.71. The number of methoxy groups -OCH3 is 1. The van der Waals surface area contributed by atoms with Crippen LogP contribution in [0.5, 0.6) is 0 Å². The van der Waals surface area contributed by atoms with Gasteiger partial charge in [-0.15, -0.1) is 0 Å². The monoisotopic (exact) mass is 283 g/mol. The molecule has 1 atom stereocenters. The SMILES string of the molecule is CCCCCC(C)Nc1ccc(Cl)c(C(=O)OC)c1. The fraction of sp³-hybridized carbons (Fsp3) is 0.533. The number of benzene rings is 1. The molecule has 3 nitrogen and oxygen atoms in total. The fourth-order valence-electron chi connectivity index (χ4n) is 1.94. The highest BCUT2D eigenvalue weighted by atomic mass is 35.5. The molecule has 0 fully saturated rings. The summed E-state index contributed by atoms with van der Waals surface area (Å²) in [6.45, 7) is 4.34. The van der Waals surface area contributed by atoms with E-state index >= 15 is 0 Å². The molecule has 0 radical (unpaired) electrons. The van der Waals surface area contributed by atoms with Crippen molar-refractivity contribution in [1.82, 2.24) is 0 Å². The Balaban J connectivity index is 2.66. The van der Waals surface area contributed by atoms with Crippen molar-refractivity contribution in [3.05, 3.63) is 28.8 Å². The van der Waals surface area contributed by atoms with Gasteiger partial charge in [-0.3, -0.25) is 0 Å². The summed E-state index contributed by atoms with van der Waals surface area (Å²) >= 11 is 5.98. The molecule has 106 valence electrons. The molecular weight excluding hydrogens is 262 g/mol. The van der Waals surface area contributed by atoms with E-state index in [9.17, 15) is 4.79 Å². The van der Waals surface area contributed by atoms with Gasteiger partial charge in [0.2, 0.25) is 0 Å². The molecule has 1 N–H and O–H groups in total. The predicted octanol–water partition coefficient (Wildman–Crippen LogP) is 4.51. The summed E-state index contributed by atoms with van der Waals surface area (Å²) in [7, 11) is 1.35. The van der Waals surface area contributed by atoms with E-state index in [4.69, 9.17) is 16.3 Å². The summed E-state index contributed by atoms with van der Waals surface area (Å²) in [5, 5.41) is 3.79. The quantitative estimate of drug-likeness (QED) is 0.591. The van der Waals surface area contributed by atoms with Gasteiger partial charge < -0.3 is 10.1 Å². The molecule has 0 saturated carbocycles. The lowest BCUT2D eigenvalue weighted by Gasteiger charge is -2.16. The van der Waals surface area contributed by atoms with Gasteiger partial charge in [0.15, 0.2) is 0 Å². The van der Waals surface area contributed by atoms with E-state index in [-0.39, 0.29) is 0 Å². The summed E-state index contributed by atoms with van der Waals surface area (Å²) in [6.07, 6.45) is 4.80. The minimum absolute atomic E-state index is 0.373. The van der Waals surface area contributed by atoms with Crippen molar-refractivity contribution in [2.45, 2.75) is 45.6 Å². The van der Waals surface area contributed by atoms with Gasteiger partial charge in [0.25, 0.3) is 0 Å². The predicted molar refractivity (Wildman–Crippen MR) is 80.0 cm³/mol. The van der Waals surface area contributed by atoms with Crippen molar-refractivity contribution in [2.24, 2.45) is 0 Å². The molecule has 4 heteroatoms. The van der Waals surface area contributed by atoms with Gasteiger partial charge in [0.1, 0.15) is 0 Å². The fourth-order valence-corrected chi connectivity index (χ4v) is 2.13. The molecule has 1 unspecified atom stereocenters. The maximum atomic E-state index is 11.5. The molecule has 0 bridgehead atoms. The molecule has 0 aliphatic carbocycles. The Morgan fingerprint density at radius 2 is 2.16 bits per heavy atom. The van der Waals surface area contributed by atoms with Gasteiger partial charge in [-0.2, -0.15) is 0 Å². The maximum Gasteiger partial charge on any atom is 0.339 e. The van der Waals surface area contributed by atoms with E-state index in [0.29, 0.717) is 16.6 Å². The van der Waals surface area contributed by atoms with Gasteiger partial charge in [0, 0.05) is 11.7 Å². The summed E-state index contributed by atoms with van der Waals surface area (Å²) in [4.78, 5) is 11.5. The van der Waals surface area contributed by atoms with E-state index in [1.807, 2.05) is 6.07 Å². The number of carbonyl (C=O) groups excluding carboxylic acids is 1. The van der Waals surface area contributed by atoms with Crippen LogP contribution in [0.2, 0.25) is 5.02 Å². The molecular formula is C15H22ClNO2.